The molecule has 7 heteroatoms. The molecule has 3 N–H and O–H groups in total. The predicted octanol–water partition coefficient (Wildman–Crippen LogP) is 5.41. The molecule has 0 saturated heterocycles. The zero-order chi connectivity index (χ0) is 20.9. The fourth-order valence-corrected chi connectivity index (χ4v) is 4.21. The van der Waals surface area contributed by atoms with Crippen LogP contribution in [-0.2, 0) is 0 Å². The summed E-state index contributed by atoms with van der Waals surface area (Å²) >= 11 is 1.84. The maximum absolute atomic E-state index is 4.61. The van der Waals surface area contributed by atoms with Crippen molar-refractivity contribution < 1.29 is 0 Å². The topological polar surface area (TPSA) is 68.9 Å². The molecule has 4 rings (SSSR count). The first-order valence-corrected chi connectivity index (χ1v) is 10.9. The van der Waals surface area contributed by atoms with Crippen LogP contribution in [0.5, 0.6) is 0 Å². The number of nitrogens with zero attached hydrogens (tertiary/aromatic N) is 3. The molecular formula is C23H26N6S. The van der Waals surface area contributed by atoms with Crippen LogP contribution < -0.4 is 10.6 Å². The van der Waals surface area contributed by atoms with E-state index in [-0.39, 0.29) is 0 Å². The molecule has 0 bridgehead atoms. The van der Waals surface area contributed by atoms with Crippen molar-refractivity contribution in [2.24, 2.45) is 0 Å². The molecule has 0 amide bonds. The van der Waals surface area contributed by atoms with Crippen molar-refractivity contribution in [3.63, 3.8) is 0 Å². The quantitative estimate of drug-likeness (QED) is 0.333. The lowest BCUT2D eigenvalue weighted by Crippen LogP contribution is -2.14. The minimum Gasteiger partial charge on any atom is -0.359 e. The van der Waals surface area contributed by atoms with Crippen molar-refractivity contribution in [1.82, 2.24) is 19.9 Å². The van der Waals surface area contributed by atoms with Crippen LogP contribution in [0.15, 0.2) is 65.7 Å². The number of aromatic nitrogens is 3. The fourth-order valence-electron chi connectivity index (χ4n) is 3.13. The molecular weight excluding hydrogens is 392 g/mol. The van der Waals surface area contributed by atoms with E-state index in [2.05, 4.69) is 87.9 Å². The second-order valence-electron chi connectivity index (χ2n) is 7.45. The van der Waals surface area contributed by atoms with E-state index in [1.54, 1.807) is 6.20 Å². The Morgan fingerprint density at radius 1 is 1.00 bits per heavy atom. The molecule has 154 valence electrons. The van der Waals surface area contributed by atoms with Crippen molar-refractivity contribution in [3.05, 3.63) is 66.5 Å². The first-order chi connectivity index (χ1) is 14.5. The van der Waals surface area contributed by atoms with E-state index >= 15 is 0 Å². The van der Waals surface area contributed by atoms with Crippen molar-refractivity contribution in [1.29, 1.82) is 0 Å². The largest absolute Gasteiger partial charge is 0.359 e. The first-order valence-electron chi connectivity index (χ1n) is 9.89. The molecule has 0 aliphatic heterocycles. The number of aryl methyl sites for hydroxylation is 1. The lowest BCUT2D eigenvalue weighted by Gasteiger charge is -2.11. The molecule has 0 fully saturated rings. The van der Waals surface area contributed by atoms with Crippen molar-refractivity contribution in [3.8, 4) is 0 Å². The lowest BCUT2D eigenvalue weighted by atomic mass is 10.2. The van der Waals surface area contributed by atoms with Crippen LogP contribution in [-0.4, -0.2) is 46.2 Å². The molecule has 2 aromatic heterocycles. The fraction of sp³-hybridized carbons (Fsp3) is 0.217. The van der Waals surface area contributed by atoms with Gasteiger partial charge in [-0.3, -0.25) is 0 Å². The van der Waals surface area contributed by atoms with Gasteiger partial charge in [0.2, 0.25) is 5.95 Å². The van der Waals surface area contributed by atoms with E-state index < -0.39 is 0 Å². The third kappa shape index (κ3) is 5.31. The van der Waals surface area contributed by atoms with Gasteiger partial charge in [0.05, 0.1) is 0 Å². The number of rotatable bonds is 8. The standard InChI is InChI=1S/C23H26N6S/c1-16-13-17-14-19(7-8-21(17)25-16)26-22-9-10-24-23(28-22)27-18-5-4-6-20(15-18)30-12-11-29(2)3/h4-10,13-15,25H,11-12H2,1-3H3,(H2,24,26,27,28). The summed E-state index contributed by atoms with van der Waals surface area (Å²) in [5, 5.41) is 7.85. The summed E-state index contributed by atoms with van der Waals surface area (Å²) in [5.41, 5.74) is 4.25. The van der Waals surface area contributed by atoms with Gasteiger partial charge in [0.25, 0.3) is 0 Å². The molecule has 0 atom stereocenters. The summed E-state index contributed by atoms with van der Waals surface area (Å²) in [4.78, 5) is 15.7. The first kappa shape index (κ1) is 20.3. The molecule has 2 aromatic carbocycles. The number of fused-ring (bicyclic) bond motifs is 1. The molecule has 0 saturated carbocycles. The molecule has 0 aliphatic carbocycles. The van der Waals surface area contributed by atoms with Gasteiger partial charge in [-0.2, -0.15) is 4.98 Å². The van der Waals surface area contributed by atoms with Gasteiger partial charge in [0.1, 0.15) is 5.82 Å². The summed E-state index contributed by atoms with van der Waals surface area (Å²) in [6, 6.07) is 18.6. The summed E-state index contributed by atoms with van der Waals surface area (Å²) in [5.74, 6) is 2.36. The molecule has 30 heavy (non-hydrogen) atoms. The Balaban J connectivity index is 1.44. The maximum atomic E-state index is 4.61. The Morgan fingerprint density at radius 3 is 2.73 bits per heavy atom. The Morgan fingerprint density at radius 2 is 1.87 bits per heavy atom. The zero-order valence-electron chi connectivity index (χ0n) is 17.4. The van der Waals surface area contributed by atoms with E-state index in [0.717, 1.165) is 40.7 Å². The third-order valence-corrected chi connectivity index (χ3v) is 5.55. The number of benzene rings is 2. The van der Waals surface area contributed by atoms with Gasteiger partial charge in [-0.15, -0.1) is 11.8 Å². The highest BCUT2D eigenvalue weighted by Crippen LogP contribution is 2.25. The highest BCUT2D eigenvalue weighted by Gasteiger charge is 2.04. The van der Waals surface area contributed by atoms with E-state index in [0.29, 0.717) is 5.95 Å². The number of aromatic amines is 1. The number of hydrogen-bond donors (Lipinski definition) is 3. The Kier molecular flexibility index (Phi) is 6.21. The summed E-state index contributed by atoms with van der Waals surface area (Å²) in [6.07, 6.45) is 1.76. The lowest BCUT2D eigenvalue weighted by molar-refractivity contribution is 0.437. The predicted molar refractivity (Wildman–Crippen MR) is 127 cm³/mol. The number of nitrogens with one attached hydrogen (secondary N) is 3. The number of anilines is 4. The minimum absolute atomic E-state index is 0.564. The molecule has 0 spiro atoms. The van der Waals surface area contributed by atoms with Crippen LogP contribution in [0.4, 0.5) is 23.1 Å². The van der Waals surface area contributed by atoms with Crippen LogP contribution in [0, 0.1) is 6.92 Å². The molecule has 0 aliphatic rings. The van der Waals surface area contributed by atoms with Crippen molar-refractivity contribution in [2.45, 2.75) is 11.8 Å². The number of thioether (sulfide) groups is 1. The molecule has 6 nitrogen and oxygen atoms in total. The van der Waals surface area contributed by atoms with E-state index in [1.165, 1.54) is 10.3 Å². The Labute approximate surface area is 181 Å². The summed E-state index contributed by atoms with van der Waals surface area (Å²) in [6.45, 7) is 3.11. The van der Waals surface area contributed by atoms with Gasteiger partial charge in [-0.05, 0) is 69.6 Å². The van der Waals surface area contributed by atoms with E-state index in [4.69, 9.17) is 0 Å². The van der Waals surface area contributed by atoms with E-state index in [1.807, 2.05) is 30.0 Å². The van der Waals surface area contributed by atoms with Crippen LogP contribution in [0.2, 0.25) is 0 Å². The molecule has 0 unspecified atom stereocenters. The van der Waals surface area contributed by atoms with Gasteiger partial charge in [-0.25, -0.2) is 4.98 Å². The third-order valence-electron chi connectivity index (χ3n) is 4.58. The zero-order valence-corrected chi connectivity index (χ0v) is 18.3. The van der Waals surface area contributed by atoms with Gasteiger partial charge >= 0.3 is 0 Å². The van der Waals surface area contributed by atoms with Gasteiger partial charge in [0, 0.05) is 51.4 Å². The van der Waals surface area contributed by atoms with Crippen molar-refractivity contribution in [2.75, 3.05) is 37.0 Å². The normalized spacial score (nSPS) is 11.2. The highest BCUT2D eigenvalue weighted by molar-refractivity contribution is 7.99. The smallest absolute Gasteiger partial charge is 0.229 e. The van der Waals surface area contributed by atoms with Gasteiger partial charge < -0.3 is 20.5 Å². The van der Waals surface area contributed by atoms with Gasteiger partial charge in [-0.1, -0.05) is 6.07 Å². The molecule has 2 heterocycles. The molecule has 4 aromatic rings. The van der Waals surface area contributed by atoms with Gasteiger partial charge in [0.15, 0.2) is 0 Å². The Bertz CT molecular complexity index is 1140. The average Bonchev–Trinajstić information content (AvgIpc) is 3.08. The monoisotopic (exact) mass is 418 g/mol. The second kappa shape index (κ2) is 9.19. The van der Waals surface area contributed by atoms with Crippen LogP contribution in [0.3, 0.4) is 0 Å². The van der Waals surface area contributed by atoms with Crippen LogP contribution in [0.25, 0.3) is 10.9 Å². The van der Waals surface area contributed by atoms with E-state index in [9.17, 15) is 0 Å². The molecule has 0 radical (unpaired) electrons. The average molecular weight is 419 g/mol. The van der Waals surface area contributed by atoms with Crippen molar-refractivity contribution >= 4 is 45.8 Å². The van der Waals surface area contributed by atoms with Crippen LogP contribution in [0.1, 0.15) is 5.69 Å². The van der Waals surface area contributed by atoms with Crippen LogP contribution >= 0.6 is 11.8 Å². The summed E-state index contributed by atoms with van der Waals surface area (Å²) in [7, 11) is 4.18. The summed E-state index contributed by atoms with van der Waals surface area (Å²) < 4.78 is 0. The number of hydrogen-bond acceptors (Lipinski definition) is 6. The number of H-pyrrole nitrogens is 1. The second-order valence-corrected chi connectivity index (χ2v) is 8.62. The highest BCUT2D eigenvalue weighted by atomic mass is 32.2. The SMILES string of the molecule is Cc1cc2cc(Nc3ccnc(Nc4cccc(SCCN(C)C)c4)n3)ccc2[nH]1. The maximum Gasteiger partial charge on any atom is 0.229 e. The minimum atomic E-state index is 0.564. The Hall–Kier alpha value is -3.03.